The lowest BCUT2D eigenvalue weighted by molar-refractivity contribution is -0.118. The molecular formula is C19H22IN5O2. The van der Waals surface area contributed by atoms with Gasteiger partial charge in [-0.1, -0.05) is 34.7 Å². The average molecular weight is 479 g/mol. The van der Waals surface area contributed by atoms with E-state index in [1.54, 1.807) is 24.3 Å². The summed E-state index contributed by atoms with van der Waals surface area (Å²) >= 11 is 1.99. The minimum absolute atomic E-state index is 0.0562. The number of benzene rings is 2. The molecule has 2 aromatic carbocycles. The van der Waals surface area contributed by atoms with Crippen LogP contribution in [0.5, 0.6) is 0 Å². The molecular weight excluding hydrogens is 457 g/mol. The summed E-state index contributed by atoms with van der Waals surface area (Å²) in [5.74, 6) is -0.310. The zero-order chi connectivity index (χ0) is 19.6. The molecule has 27 heavy (non-hydrogen) atoms. The Bertz CT molecular complexity index is 806. The zero-order valence-electron chi connectivity index (χ0n) is 15.3. The summed E-state index contributed by atoms with van der Waals surface area (Å²) in [6, 6.07) is 14.7. The van der Waals surface area contributed by atoms with Crippen LogP contribution >= 0.6 is 22.6 Å². The monoisotopic (exact) mass is 479 g/mol. The van der Waals surface area contributed by atoms with Crippen molar-refractivity contribution in [3.8, 4) is 0 Å². The maximum Gasteiger partial charge on any atom is 0.253 e. The van der Waals surface area contributed by atoms with Gasteiger partial charge in [-0.15, -0.1) is 5.11 Å². The van der Waals surface area contributed by atoms with E-state index in [0.717, 1.165) is 5.69 Å². The molecule has 7 nitrogen and oxygen atoms in total. The number of carbonyl (C=O) groups is 2. The van der Waals surface area contributed by atoms with Crippen molar-refractivity contribution in [1.29, 1.82) is 0 Å². The number of azo groups is 1. The molecule has 142 valence electrons. The number of amides is 2. The molecule has 0 heterocycles. The van der Waals surface area contributed by atoms with Crippen LogP contribution in [0.4, 0.5) is 17.1 Å². The number of halogens is 1. The second-order valence-electron chi connectivity index (χ2n) is 5.87. The summed E-state index contributed by atoms with van der Waals surface area (Å²) in [4.78, 5) is 25.6. The first kappa shape index (κ1) is 20.8. The van der Waals surface area contributed by atoms with Gasteiger partial charge in [-0.25, -0.2) is 0 Å². The Labute approximate surface area is 172 Å². The van der Waals surface area contributed by atoms with Crippen LogP contribution in [0.2, 0.25) is 0 Å². The molecule has 0 aliphatic carbocycles. The number of nitrogens with one attached hydrogen (secondary N) is 2. The highest BCUT2D eigenvalue weighted by Gasteiger charge is 2.10. The van der Waals surface area contributed by atoms with E-state index < -0.39 is 0 Å². The van der Waals surface area contributed by atoms with Gasteiger partial charge in [0, 0.05) is 32.9 Å². The fourth-order valence-corrected chi connectivity index (χ4v) is 2.47. The van der Waals surface area contributed by atoms with Crippen LogP contribution < -0.4 is 15.5 Å². The minimum atomic E-state index is -0.253. The zero-order valence-corrected chi connectivity index (χ0v) is 17.4. The average Bonchev–Trinajstić information content (AvgIpc) is 2.69. The van der Waals surface area contributed by atoms with Gasteiger partial charge < -0.3 is 15.5 Å². The van der Waals surface area contributed by atoms with Gasteiger partial charge in [0.1, 0.15) is 0 Å². The van der Waals surface area contributed by atoms with Gasteiger partial charge in [0.25, 0.3) is 5.91 Å². The molecule has 0 saturated carbocycles. The highest BCUT2D eigenvalue weighted by molar-refractivity contribution is 14.1. The van der Waals surface area contributed by atoms with Crippen LogP contribution in [-0.4, -0.2) is 43.4 Å². The SMILES string of the molecule is CN(C)c1ccc(N=Nc2ccccc2C(=O)NCCNC(=O)CI)cc1. The van der Waals surface area contributed by atoms with Gasteiger partial charge in [-0.05, 0) is 36.4 Å². The lowest BCUT2D eigenvalue weighted by Crippen LogP contribution is -2.35. The van der Waals surface area contributed by atoms with Crippen LogP contribution in [0, 0.1) is 0 Å². The first-order valence-corrected chi connectivity index (χ1v) is 9.93. The van der Waals surface area contributed by atoms with E-state index in [2.05, 4.69) is 20.9 Å². The summed E-state index contributed by atoms with van der Waals surface area (Å²) in [7, 11) is 3.94. The number of rotatable bonds is 8. The highest BCUT2D eigenvalue weighted by atomic mass is 127. The van der Waals surface area contributed by atoms with Crippen molar-refractivity contribution in [2.45, 2.75) is 0 Å². The Balaban J connectivity index is 2.01. The third-order valence-corrected chi connectivity index (χ3v) is 4.33. The van der Waals surface area contributed by atoms with E-state index in [-0.39, 0.29) is 11.8 Å². The second-order valence-corrected chi connectivity index (χ2v) is 6.63. The van der Waals surface area contributed by atoms with Crippen LogP contribution in [0.25, 0.3) is 0 Å². The van der Waals surface area contributed by atoms with Crippen LogP contribution in [-0.2, 0) is 4.79 Å². The van der Waals surface area contributed by atoms with E-state index in [1.165, 1.54) is 0 Å². The van der Waals surface area contributed by atoms with Gasteiger partial charge >= 0.3 is 0 Å². The summed E-state index contributed by atoms with van der Waals surface area (Å²) in [5, 5.41) is 13.9. The van der Waals surface area contributed by atoms with E-state index in [4.69, 9.17) is 0 Å². The predicted octanol–water partition coefficient (Wildman–Crippen LogP) is 3.45. The molecule has 0 spiro atoms. The lowest BCUT2D eigenvalue weighted by atomic mass is 10.1. The highest BCUT2D eigenvalue weighted by Crippen LogP contribution is 2.23. The van der Waals surface area contributed by atoms with Crippen LogP contribution in [0.3, 0.4) is 0 Å². The van der Waals surface area contributed by atoms with Crippen molar-refractivity contribution >= 4 is 51.5 Å². The fraction of sp³-hybridized carbons (Fsp3) is 0.263. The van der Waals surface area contributed by atoms with Gasteiger partial charge in [0.05, 0.1) is 21.4 Å². The van der Waals surface area contributed by atoms with Gasteiger partial charge in [0.2, 0.25) is 5.91 Å². The molecule has 0 aliphatic heterocycles. The molecule has 0 radical (unpaired) electrons. The third-order valence-electron chi connectivity index (χ3n) is 3.64. The van der Waals surface area contributed by atoms with Crippen LogP contribution in [0.1, 0.15) is 10.4 Å². The van der Waals surface area contributed by atoms with Crippen molar-refractivity contribution in [1.82, 2.24) is 10.6 Å². The Morgan fingerprint density at radius 3 is 2.30 bits per heavy atom. The standard InChI is InChI=1S/C19H22IN5O2/c1-25(2)15-9-7-14(8-10-15)23-24-17-6-4-3-5-16(17)19(27)22-12-11-21-18(26)13-20/h3-10H,11-13H2,1-2H3,(H,21,26)(H,22,27). The van der Waals surface area contributed by atoms with Crippen molar-refractivity contribution in [3.63, 3.8) is 0 Å². The molecule has 0 fully saturated rings. The number of nitrogens with zero attached hydrogens (tertiary/aromatic N) is 3. The molecule has 2 rings (SSSR count). The predicted molar refractivity (Wildman–Crippen MR) is 116 cm³/mol. The maximum atomic E-state index is 12.4. The summed E-state index contributed by atoms with van der Waals surface area (Å²) in [5.41, 5.74) is 2.70. The molecule has 0 atom stereocenters. The smallest absolute Gasteiger partial charge is 0.253 e. The number of hydrogen-bond acceptors (Lipinski definition) is 5. The van der Waals surface area contributed by atoms with E-state index in [0.29, 0.717) is 34.5 Å². The first-order chi connectivity index (χ1) is 13.0. The molecule has 2 aromatic rings. The van der Waals surface area contributed by atoms with Gasteiger partial charge in [-0.2, -0.15) is 5.11 Å². The van der Waals surface area contributed by atoms with E-state index in [9.17, 15) is 9.59 Å². The topological polar surface area (TPSA) is 86.2 Å². The molecule has 0 aromatic heterocycles. The Morgan fingerprint density at radius 2 is 1.63 bits per heavy atom. The largest absolute Gasteiger partial charge is 0.378 e. The molecule has 2 amide bonds. The van der Waals surface area contributed by atoms with Crippen molar-refractivity contribution < 1.29 is 9.59 Å². The molecule has 0 aliphatic rings. The number of anilines is 1. The van der Waals surface area contributed by atoms with Crippen molar-refractivity contribution in [2.24, 2.45) is 10.2 Å². The fourth-order valence-electron chi connectivity index (χ4n) is 2.20. The quantitative estimate of drug-likeness (QED) is 0.263. The van der Waals surface area contributed by atoms with E-state index >= 15 is 0 Å². The molecule has 0 saturated heterocycles. The van der Waals surface area contributed by atoms with Gasteiger partial charge in [0.15, 0.2) is 0 Å². The third kappa shape index (κ3) is 6.63. The Kier molecular flexibility index (Phi) is 8.18. The maximum absolute atomic E-state index is 12.4. The van der Waals surface area contributed by atoms with Crippen LogP contribution in [0.15, 0.2) is 58.8 Å². The lowest BCUT2D eigenvalue weighted by Gasteiger charge is -2.11. The second kappa shape index (κ2) is 10.6. The van der Waals surface area contributed by atoms with E-state index in [1.807, 2.05) is 65.9 Å². The molecule has 0 bridgehead atoms. The summed E-state index contributed by atoms with van der Waals surface area (Å²) < 4.78 is 0.393. The number of alkyl halides is 1. The van der Waals surface area contributed by atoms with Crippen molar-refractivity contribution in [3.05, 3.63) is 54.1 Å². The minimum Gasteiger partial charge on any atom is -0.378 e. The Morgan fingerprint density at radius 1 is 0.963 bits per heavy atom. The summed E-state index contributed by atoms with van der Waals surface area (Å²) in [6.45, 7) is 0.730. The number of carbonyl (C=O) groups excluding carboxylic acids is 2. The molecule has 2 N–H and O–H groups in total. The summed E-state index contributed by atoms with van der Waals surface area (Å²) in [6.07, 6.45) is 0. The Hall–Kier alpha value is -2.49. The molecule has 0 unspecified atom stereocenters. The van der Waals surface area contributed by atoms with Gasteiger partial charge in [-0.3, -0.25) is 9.59 Å². The normalized spacial score (nSPS) is 10.6. The number of hydrogen-bond donors (Lipinski definition) is 2. The molecule has 8 heteroatoms. The first-order valence-electron chi connectivity index (χ1n) is 8.40. The van der Waals surface area contributed by atoms with Crippen molar-refractivity contribution in [2.75, 3.05) is 36.5 Å².